The van der Waals surface area contributed by atoms with Crippen LogP contribution in [-0.4, -0.2) is 30.0 Å². The Morgan fingerprint density at radius 3 is 2.22 bits per heavy atom. The molecule has 1 fully saturated rings. The van der Waals surface area contributed by atoms with Crippen molar-refractivity contribution in [3.05, 3.63) is 36.4 Å². The maximum Gasteiger partial charge on any atom is 0.495 e. The standard InChI is InChI=1S/C21H28BNO4/c1-19(2,3)25-18(24)23-15-12-14-10-8-9-11-16(14)17(13-15)22-26-20(4,5)21(6,7)27-22/h8-13H,1-7H3,(H,23,24). The first kappa shape index (κ1) is 19.7. The van der Waals surface area contributed by atoms with Crippen LogP contribution in [0.2, 0.25) is 0 Å². The molecule has 5 nitrogen and oxygen atoms in total. The average Bonchev–Trinajstić information content (AvgIpc) is 2.72. The van der Waals surface area contributed by atoms with Gasteiger partial charge in [-0.3, -0.25) is 5.32 Å². The number of benzene rings is 2. The van der Waals surface area contributed by atoms with Gasteiger partial charge in [-0.2, -0.15) is 0 Å². The SMILES string of the molecule is CC(C)(C)OC(=O)Nc1cc(B2OC(C)(C)C(C)(C)O2)c2ccccc2c1. The van der Waals surface area contributed by atoms with Gasteiger partial charge in [0.2, 0.25) is 0 Å². The molecule has 0 aromatic heterocycles. The minimum atomic E-state index is -0.560. The molecule has 2 aromatic carbocycles. The molecule has 0 spiro atoms. The maximum absolute atomic E-state index is 12.2. The molecule has 27 heavy (non-hydrogen) atoms. The minimum absolute atomic E-state index is 0.437. The zero-order valence-corrected chi connectivity index (χ0v) is 17.2. The fourth-order valence-corrected chi connectivity index (χ4v) is 3.00. The van der Waals surface area contributed by atoms with Gasteiger partial charge in [-0.25, -0.2) is 4.79 Å². The molecule has 3 rings (SSSR count). The molecular weight excluding hydrogens is 341 g/mol. The van der Waals surface area contributed by atoms with E-state index in [1.165, 1.54) is 0 Å². The first-order valence-electron chi connectivity index (χ1n) is 9.26. The highest BCUT2D eigenvalue weighted by molar-refractivity contribution is 6.65. The van der Waals surface area contributed by atoms with Crippen molar-refractivity contribution in [3.63, 3.8) is 0 Å². The van der Waals surface area contributed by atoms with E-state index in [2.05, 4.69) is 5.32 Å². The average molecular weight is 369 g/mol. The molecule has 1 aliphatic heterocycles. The van der Waals surface area contributed by atoms with Crippen molar-refractivity contribution in [3.8, 4) is 0 Å². The van der Waals surface area contributed by atoms with Crippen LogP contribution in [-0.2, 0) is 14.0 Å². The molecule has 1 aliphatic rings. The molecular formula is C21H28BNO4. The van der Waals surface area contributed by atoms with Gasteiger partial charge < -0.3 is 14.0 Å². The van der Waals surface area contributed by atoms with Crippen LogP contribution in [0.25, 0.3) is 10.8 Å². The summed E-state index contributed by atoms with van der Waals surface area (Å²) in [5, 5.41) is 4.85. The van der Waals surface area contributed by atoms with Crippen molar-refractivity contribution in [2.24, 2.45) is 0 Å². The molecule has 1 N–H and O–H groups in total. The quantitative estimate of drug-likeness (QED) is 0.793. The van der Waals surface area contributed by atoms with Crippen LogP contribution in [0.15, 0.2) is 36.4 Å². The molecule has 0 bridgehead atoms. The Morgan fingerprint density at radius 1 is 1.04 bits per heavy atom. The van der Waals surface area contributed by atoms with Crippen molar-refractivity contribution in [2.45, 2.75) is 65.3 Å². The van der Waals surface area contributed by atoms with E-state index in [4.69, 9.17) is 14.0 Å². The smallest absolute Gasteiger partial charge is 0.444 e. The summed E-state index contributed by atoms with van der Waals surface area (Å²) in [6, 6.07) is 11.8. The lowest BCUT2D eigenvalue weighted by molar-refractivity contribution is 0.00578. The topological polar surface area (TPSA) is 56.8 Å². The summed E-state index contributed by atoms with van der Waals surface area (Å²) in [4.78, 5) is 12.2. The van der Waals surface area contributed by atoms with E-state index in [9.17, 15) is 4.79 Å². The fraction of sp³-hybridized carbons (Fsp3) is 0.476. The van der Waals surface area contributed by atoms with Crippen LogP contribution < -0.4 is 10.8 Å². The van der Waals surface area contributed by atoms with Gasteiger partial charge in [0.1, 0.15) is 5.60 Å². The number of hydrogen-bond acceptors (Lipinski definition) is 4. The second-order valence-electron chi connectivity index (χ2n) is 9.00. The van der Waals surface area contributed by atoms with Crippen molar-refractivity contribution in [1.29, 1.82) is 0 Å². The fourth-order valence-electron chi connectivity index (χ4n) is 3.00. The molecule has 0 saturated carbocycles. The van der Waals surface area contributed by atoms with Gasteiger partial charge in [0, 0.05) is 5.69 Å². The van der Waals surface area contributed by atoms with E-state index in [1.54, 1.807) is 0 Å². The van der Waals surface area contributed by atoms with Gasteiger partial charge in [0.05, 0.1) is 11.2 Å². The van der Waals surface area contributed by atoms with Crippen LogP contribution >= 0.6 is 0 Å². The third kappa shape index (κ3) is 4.12. The summed E-state index contributed by atoms with van der Waals surface area (Å²) in [6.45, 7) is 13.6. The third-order valence-electron chi connectivity index (χ3n) is 5.05. The third-order valence-corrected chi connectivity index (χ3v) is 5.05. The lowest BCUT2D eigenvalue weighted by atomic mass is 9.76. The van der Waals surface area contributed by atoms with Crippen molar-refractivity contribution >= 4 is 35.1 Å². The summed E-state index contributed by atoms with van der Waals surface area (Å²) in [5.74, 6) is 0. The van der Waals surface area contributed by atoms with Crippen LogP contribution in [0.4, 0.5) is 10.5 Å². The molecule has 1 saturated heterocycles. The molecule has 6 heteroatoms. The first-order valence-corrected chi connectivity index (χ1v) is 9.26. The Morgan fingerprint density at radius 2 is 1.63 bits per heavy atom. The minimum Gasteiger partial charge on any atom is -0.444 e. The number of hydrogen-bond donors (Lipinski definition) is 1. The van der Waals surface area contributed by atoms with E-state index >= 15 is 0 Å². The van der Waals surface area contributed by atoms with Crippen LogP contribution in [0, 0.1) is 0 Å². The van der Waals surface area contributed by atoms with Crippen LogP contribution in [0.5, 0.6) is 0 Å². The second-order valence-corrected chi connectivity index (χ2v) is 9.00. The molecule has 2 aromatic rings. The van der Waals surface area contributed by atoms with Crippen molar-refractivity contribution in [1.82, 2.24) is 0 Å². The van der Waals surface area contributed by atoms with Crippen molar-refractivity contribution in [2.75, 3.05) is 5.32 Å². The Bertz CT molecular complexity index is 854. The summed E-state index contributed by atoms with van der Waals surface area (Å²) in [6.07, 6.45) is -0.488. The second kappa shape index (κ2) is 6.53. The Balaban J connectivity index is 1.99. The number of nitrogens with one attached hydrogen (secondary N) is 1. The zero-order valence-electron chi connectivity index (χ0n) is 17.2. The van der Waals surface area contributed by atoms with Gasteiger partial charge >= 0.3 is 13.2 Å². The lowest BCUT2D eigenvalue weighted by Crippen LogP contribution is -2.41. The van der Waals surface area contributed by atoms with Gasteiger partial charge in [-0.15, -0.1) is 0 Å². The molecule has 144 valence electrons. The molecule has 0 aliphatic carbocycles. The highest BCUT2D eigenvalue weighted by Crippen LogP contribution is 2.37. The summed E-state index contributed by atoms with van der Waals surface area (Å²) in [5.41, 5.74) is 0.0985. The van der Waals surface area contributed by atoms with Gasteiger partial charge in [-0.1, -0.05) is 24.3 Å². The Kier molecular flexibility index (Phi) is 4.77. The molecule has 1 heterocycles. The van der Waals surface area contributed by atoms with E-state index in [-0.39, 0.29) is 0 Å². The van der Waals surface area contributed by atoms with Gasteiger partial charge in [-0.05, 0) is 76.8 Å². The number of fused-ring (bicyclic) bond motifs is 1. The predicted molar refractivity (Wildman–Crippen MR) is 110 cm³/mol. The van der Waals surface area contributed by atoms with Crippen LogP contribution in [0.3, 0.4) is 0 Å². The Hall–Kier alpha value is -2.05. The number of carbonyl (C=O) groups excluding carboxylic acids is 1. The zero-order chi connectivity index (χ0) is 20.0. The normalized spacial score (nSPS) is 18.6. The first-order chi connectivity index (χ1) is 12.4. The monoisotopic (exact) mass is 369 g/mol. The number of ether oxygens (including phenoxy) is 1. The highest BCUT2D eigenvalue weighted by atomic mass is 16.7. The molecule has 1 amide bonds. The Labute approximate surface area is 161 Å². The predicted octanol–water partition coefficient (Wildman–Crippen LogP) is 4.49. The molecule has 0 atom stereocenters. The van der Waals surface area contributed by atoms with Gasteiger partial charge in [0.15, 0.2) is 0 Å². The molecule has 0 unspecified atom stereocenters. The number of amides is 1. The largest absolute Gasteiger partial charge is 0.495 e. The number of anilines is 1. The van der Waals surface area contributed by atoms with E-state index in [0.717, 1.165) is 16.2 Å². The van der Waals surface area contributed by atoms with Crippen molar-refractivity contribution < 1.29 is 18.8 Å². The van der Waals surface area contributed by atoms with E-state index in [1.807, 2.05) is 84.9 Å². The van der Waals surface area contributed by atoms with Crippen LogP contribution in [0.1, 0.15) is 48.5 Å². The van der Waals surface area contributed by atoms with E-state index in [0.29, 0.717) is 5.69 Å². The van der Waals surface area contributed by atoms with E-state index < -0.39 is 30.0 Å². The van der Waals surface area contributed by atoms with Gasteiger partial charge in [0.25, 0.3) is 0 Å². The lowest BCUT2D eigenvalue weighted by Gasteiger charge is -2.32. The summed E-state index contributed by atoms with van der Waals surface area (Å²) < 4.78 is 17.8. The highest BCUT2D eigenvalue weighted by Gasteiger charge is 2.52. The number of carbonyl (C=O) groups is 1. The molecule has 0 radical (unpaired) electrons. The summed E-state index contributed by atoms with van der Waals surface area (Å²) in [7, 11) is -0.514. The summed E-state index contributed by atoms with van der Waals surface area (Å²) >= 11 is 0. The number of rotatable bonds is 2. The maximum atomic E-state index is 12.2.